The van der Waals surface area contributed by atoms with E-state index in [4.69, 9.17) is 10.5 Å². The van der Waals surface area contributed by atoms with Crippen molar-refractivity contribution in [1.82, 2.24) is 4.90 Å². The molecule has 0 aromatic heterocycles. The molecule has 2 aliphatic heterocycles. The summed E-state index contributed by atoms with van der Waals surface area (Å²) in [4.78, 5) is 2.74. The SMILES string of the molecule is CC1COCCC1(CN)N1CCC2(CCCC2)C1. The van der Waals surface area contributed by atoms with Gasteiger partial charge in [0.1, 0.15) is 0 Å². The van der Waals surface area contributed by atoms with Crippen molar-refractivity contribution in [2.24, 2.45) is 17.1 Å². The van der Waals surface area contributed by atoms with Gasteiger partial charge in [-0.1, -0.05) is 19.8 Å². The molecule has 0 amide bonds. The van der Waals surface area contributed by atoms with Gasteiger partial charge in [-0.05, 0) is 43.6 Å². The Kier molecular flexibility index (Phi) is 3.41. The second kappa shape index (κ2) is 4.77. The molecule has 2 saturated heterocycles. The van der Waals surface area contributed by atoms with Gasteiger partial charge in [0.15, 0.2) is 0 Å². The molecule has 2 unspecified atom stereocenters. The van der Waals surface area contributed by atoms with Crippen molar-refractivity contribution in [3.8, 4) is 0 Å². The van der Waals surface area contributed by atoms with Crippen LogP contribution in [0, 0.1) is 11.3 Å². The molecule has 2 atom stereocenters. The molecule has 0 aromatic carbocycles. The van der Waals surface area contributed by atoms with E-state index in [2.05, 4.69) is 11.8 Å². The first kappa shape index (κ1) is 12.9. The minimum absolute atomic E-state index is 0.227. The number of nitrogens with zero attached hydrogens (tertiary/aromatic N) is 1. The molecular formula is C15H28N2O. The molecule has 1 saturated carbocycles. The van der Waals surface area contributed by atoms with Crippen LogP contribution in [-0.2, 0) is 4.74 Å². The monoisotopic (exact) mass is 252 g/mol. The molecule has 3 nitrogen and oxygen atoms in total. The minimum atomic E-state index is 0.227. The largest absolute Gasteiger partial charge is 0.381 e. The molecule has 1 spiro atoms. The Morgan fingerprint density at radius 1 is 1.22 bits per heavy atom. The van der Waals surface area contributed by atoms with Crippen LogP contribution in [-0.4, -0.2) is 43.3 Å². The van der Waals surface area contributed by atoms with Crippen LogP contribution in [0.15, 0.2) is 0 Å². The third kappa shape index (κ3) is 1.91. The van der Waals surface area contributed by atoms with Crippen LogP contribution in [0.2, 0.25) is 0 Å². The summed E-state index contributed by atoms with van der Waals surface area (Å²) >= 11 is 0. The normalized spacial score (nSPS) is 40.7. The van der Waals surface area contributed by atoms with Crippen molar-refractivity contribution in [2.75, 3.05) is 32.8 Å². The van der Waals surface area contributed by atoms with Crippen molar-refractivity contribution in [1.29, 1.82) is 0 Å². The highest BCUT2D eigenvalue weighted by Crippen LogP contribution is 2.48. The van der Waals surface area contributed by atoms with Gasteiger partial charge in [-0.15, -0.1) is 0 Å². The number of hydrogen-bond acceptors (Lipinski definition) is 3. The van der Waals surface area contributed by atoms with E-state index < -0.39 is 0 Å². The Morgan fingerprint density at radius 2 is 2.00 bits per heavy atom. The summed E-state index contributed by atoms with van der Waals surface area (Å²) in [5.74, 6) is 0.577. The minimum Gasteiger partial charge on any atom is -0.381 e. The number of hydrogen-bond donors (Lipinski definition) is 1. The quantitative estimate of drug-likeness (QED) is 0.817. The van der Waals surface area contributed by atoms with Gasteiger partial charge in [0.25, 0.3) is 0 Å². The lowest BCUT2D eigenvalue weighted by atomic mass is 9.79. The van der Waals surface area contributed by atoms with Gasteiger partial charge < -0.3 is 10.5 Å². The first-order valence-electron chi connectivity index (χ1n) is 7.74. The summed E-state index contributed by atoms with van der Waals surface area (Å²) in [6.07, 6.45) is 8.33. The zero-order valence-corrected chi connectivity index (χ0v) is 11.8. The van der Waals surface area contributed by atoms with Gasteiger partial charge in [0, 0.05) is 25.2 Å². The first-order valence-corrected chi connectivity index (χ1v) is 7.74. The summed E-state index contributed by atoms with van der Waals surface area (Å²) in [5.41, 5.74) is 7.08. The molecular weight excluding hydrogens is 224 g/mol. The third-order valence-corrected chi connectivity index (χ3v) is 6.05. The maximum absolute atomic E-state index is 6.20. The second-order valence-electron chi connectivity index (χ2n) is 6.91. The van der Waals surface area contributed by atoms with E-state index in [9.17, 15) is 0 Å². The van der Waals surface area contributed by atoms with Gasteiger partial charge >= 0.3 is 0 Å². The molecule has 2 N–H and O–H groups in total. The van der Waals surface area contributed by atoms with E-state index in [1.54, 1.807) is 0 Å². The maximum Gasteiger partial charge on any atom is 0.0509 e. The van der Waals surface area contributed by atoms with Gasteiger partial charge in [-0.2, -0.15) is 0 Å². The molecule has 3 fully saturated rings. The van der Waals surface area contributed by atoms with Crippen molar-refractivity contribution in [3.05, 3.63) is 0 Å². The van der Waals surface area contributed by atoms with E-state index >= 15 is 0 Å². The third-order valence-electron chi connectivity index (χ3n) is 6.05. The predicted octanol–water partition coefficient (Wildman–Crippen LogP) is 2.01. The number of nitrogens with two attached hydrogens (primary N) is 1. The van der Waals surface area contributed by atoms with Crippen molar-refractivity contribution in [2.45, 2.75) is 51.0 Å². The molecule has 3 aliphatic rings. The number of rotatable bonds is 2. The van der Waals surface area contributed by atoms with Crippen molar-refractivity contribution < 1.29 is 4.74 Å². The Labute approximate surface area is 111 Å². The summed E-state index contributed by atoms with van der Waals surface area (Å²) in [5, 5.41) is 0. The van der Waals surface area contributed by atoms with Crippen molar-refractivity contribution >= 4 is 0 Å². The number of likely N-dealkylation sites (tertiary alicyclic amines) is 1. The molecule has 1 aliphatic carbocycles. The van der Waals surface area contributed by atoms with Crippen LogP contribution in [0.1, 0.15) is 45.4 Å². The molecule has 0 radical (unpaired) electrons. The highest BCUT2D eigenvalue weighted by atomic mass is 16.5. The van der Waals surface area contributed by atoms with Crippen LogP contribution in [0.4, 0.5) is 0 Å². The van der Waals surface area contributed by atoms with Crippen LogP contribution < -0.4 is 5.73 Å². The molecule has 18 heavy (non-hydrogen) atoms. The summed E-state index contributed by atoms with van der Waals surface area (Å²) < 4.78 is 5.63. The van der Waals surface area contributed by atoms with E-state index in [0.717, 1.165) is 26.2 Å². The molecule has 0 aromatic rings. The second-order valence-corrected chi connectivity index (χ2v) is 6.91. The van der Waals surface area contributed by atoms with Crippen LogP contribution >= 0.6 is 0 Å². The highest BCUT2D eigenvalue weighted by molar-refractivity contribution is 5.04. The molecule has 0 bridgehead atoms. The molecule has 3 rings (SSSR count). The average Bonchev–Trinajstić information content (AvgIpc) is 3.02. The van der Waals surface area contributed by atoms with Crippen LogP contribution in [0.3, 0.4) is 0 Å². The Balaban J connectivity index is 1.76. The fourth-order valence-electron chi connectivity index (χ4n) is 4.66. The summed E-state index contributed by atoms with van der Waals surface area (Å²) in [6, 6.07) is 0. The fourth-order valence-corrected chi connectivity index (χ4v) is 4.66. The Morgan fingerprint density at radius 3 is 2.67 bits per heavy atom. The molecule has 2 heterocycles. The van der Waals surface area contributed by atoms with Gasteiger partial charge in [-0.25, -0.2) is 0 Å². The van der Waals surface area contributed by atoms with E-state index in [0.29, 0.717) is 11.3 Å². The Hall–Kier alpha value is -0.120. The number of ether oxygens (including phenoxy) is 1. The smallest absolute Gasteiger partial charge is 0.0509 e. The lowest BCUT2D eigenvalue weighted by Gasteiger charge is -2.49. The van der Waals surface area contributed by atoms with Crippen LogP contribution in [0.5, 0.6) is 0 Å². The lowest BCUT2D eigenvalue weighted by Crippen LogP contribution is -2.61. The van der Waals surface area contributed by atoms with E-state index in [1.165, 1.54) is 45.2 Å². The summed E-state index contributed by atoms with van der Waals surface area (Å²) in [6.45, 7) is 7.47. The lowest BCUT2D eigenvalue weighted by molar-refractivity contribution is -0.0609. The standard InChI is InChI=1S/C15H28N2O/c1-13-10-18-9-7-15(13,11-16)17-8-6-14(12-17)4-2-3-5-14/h13H,2-12,16H2,1H3. The van der Waals surface area contributed by atoms with Gasteiger partial charge in [0.2, 0.25) is 0 Å². The predicted molar refractivity (Wildman–Crippen MR) is 73.5 cm³/mol. The van der Waals surface area contributed by atoms with Crippen molar-refractivity contribution in [3.63, 3.8) is 0 Å². The average molecular weight is 252 g/mol. The van der Waals surface area contributed by atoms with Crippen LogP contribution in [0.25, 0.3) is 0 Å². The molecule has 3 heteroatoms. The van der Waals surface area contributed by atoms with Gasteiger partial charge in [0.05, 0.1) is 6.61 Å². The highest BCUT2D eigenvalue weighted by Gasteiger charge is 2.49. The van der Waals surface area contributed by atoms with E-state index in [1.807, 2.05) is 0 Å². The fraction of sp³-hybridized carbons (Fsp3) is 1.00. The Bertz CT molecular complexity index is 301. The zero-order valence-electron chi connectivity index (χ0n) is 11.8. The topological polar surface area (TPSA) is 38.5 Å². The molecule has 104 valence electrons. The summed E-state index contributed by atoms with van der Waals surface area (Å²) in [7, 11) is 0. The zero-order chi connectivity index (χ0) is 12.6. The van der Waals surface area contributed by atoms with Gasteiger partial charge in [-0.3, -0.25) is 4.90 Å². The first-order chi connectivity index (χ1) is 8.71. The maximum atomic E-state index is 6.20. The van der Waals surface area contributed by atoms with E-state index in [-0.39, 0.29) is 5.54 Å².